The summed E-state index contributed by atoms with van der Waals surface area (Å²) in [7, 11) is 0. The lowest BCUT2D eigenvalue weighted by Gasteiger charge is -2.16. The zero-order valence-electron chi connectivity index (χ0n) is 18.0. The second-order valence-corrected chi connectivity index (χ2v) is 7.85. The third-order valence-corrected chi connectivity index (χ3v) is 5.61. The number of benzene rings is 3. The Morgan fingerprint density at radius 3 is 2.34 bits per heavy atom. The topological polar surface area (TPSA) is 55.1 Å². The van der Waals surface area contributed by atoms with E-state index in [0.29, 0.717) is 48.2 Å². The molecule has 4 nitrogen and oxygen atoms in total. The molecule has 162 valence electrons. The van der Waals surface area contributed by atoms with Crippen LogP contribution in [0.3, 0.4) is 0 Å². The number of para-hydroxylation sites is 1. The highest BCUT2D eigenvalue weighted by atomic mass is 19.1. The first-order valence-electron chi connectivity index (χ1n) is 10.7. The minimum absolute atomic E-state index is 0.103. The van der Waals surface area contributed by atoms with Crippen molar-refractivity contribution in [2.75, 3.05) is 0 Å². The molecule has 5 heteroatoms. The normalized spacial score (nSPS) is 10.9. The summed E-state index contributed by atoms with van der Waals surface area (Å²) >= 11 is 0. The molecule has 0 amide bonds. The van der Waals surface area contributed by atoms with Gasteiger partial charge >= 0.3 is 0 Å². The molecule has 0 aliphatic rings. The molecule has 3 aromatic carbocycles. The Morgan fingerprint density at radius 1 is 0.875 bits per heavy atom. The largest absolute Gasteiger partial charge is 0.507 e. The lowest BCUT2D eigenvalue weighted by Crippen LogP contribution is -2.29. The van der Waals surface area contributed by atoms with Crippen molar-refractivity contribution in [2.24, 2.45) is 0 Å². The Labute approximate surface area is 186 Å². The SMILES string of the molecule is Cc1nn(CCc2ccccc2)c(=O)c(CCc2cccc(F)c2)c1-c1ccccc1O. The summed E-state index contributed by atoms with van der Waals surface area (Å²) in [6.45, 7) is 2.31. The van der Waals surface area contributed by atoms with E-state index in [9.17, 15) is 14.3 Å². The molecule has 0 saturated carbocycles. The predicted molar refractivity (Wildman–Crippen MR) is 124 cm³/mol. The number of halogens is 1. The van der Waals surface area contributed by atoms with E-state index in [0.717, 1.165) is 11.1 Å². The lowest BCUT2D eigenvalue weighted by molar-refractivity contribution is 0.477. The van der Waals surface area contributed by atoms with Crippen molar-refractivity contribution in [3.05, 3.63) is 117 Å². The van der Waals surface area contributed by atoms with Crippen molar-refractivity contribution in [3.8, 4) is 16.9 Å². The van der Waals surface area contributed by atoms with Crippen LogP contribution in [0.1, 0.15) is 22.4 Å². The predicted octanol–water partition coefficient (Wildman–Crippen LogP) is 5.09. The van der Waals surface area contributed by atoms with Crippen LogP contribution in [-0.2, 0) is 25.8 Å². The minimum Gasteiger partial charge on any atom is -0.507 e. The van der Waals surface area contributed by atoms with Gasteiger partial charge in [0, 0.05) is 23.2 Å². The third kappa shape index (κ3) is 4.78. The summed E-state index contributed by atoms with van der Waals surface area (Å²) < 4.78 is 15.2. The van der Waals surface area contributed by atoms with Gasteiger partial charge in [0.2, 0.25) is 0 Å². The molecule has 0 unspecified atom stereocenters. The molecule has 1 N–H and O–H groups in total. The summed E-state index contributed by atoms with van der Waals surface area (Å²) in [6.07, 6.45) is 1.61. The van der Waals surface area contributed by atoms with Crippen molar-refractivity contribution >= 4 is 0 Å². The smallest absolute Gasteiger partial charge is 0.270 e. The van der Waals surface area contributed by atoms with Gasteiger partial charge in [-0.1, -0.05) is 60.7 Å². The molecule has 4 aromatic rings. The number of aryl methyl sites for hydroxylation is 4. The molecular formula is C27H25FN2O2. The number of nitrogens with zero attached hydrogens (tertiary/aromatic N) is 2. The van der Waals surface area contributed by atoms with Crippen LogP contribution in [0.15, 0.2) is 83.7 Å². The zero-order chi connectivity index (χ0) is 22.5. The standard InChI is InChI=1S/C27H25FN2O2/c1-19-26(23-12-5-6-13-25(23)31)24(15-14-21-10-7-11-22(28)18-21)27(32)30(29-19)17-16-20-8-3-2-4-9-20/h2-13,18,31H,14-17H2,1H3. The van der Waals surface area contributed by atoms with Crippen molar-refractivity contribution in [1.29, 1.82) is 0 Å². The van der Waals surface area contributed by atoms with Gasteiger partial charge < -0.3 is 5.11 Å². The molecule has 0 bridgehead atoms. The minimum atomic E-state index is -0.297. The van der Waals surface area contributed by atoms with Gasteiger partial charge in [-0.15, -0.1) is 0 Å². The molecular weight excluding hydrogens is 403 g/mol. The van der Waals surface area contributed by atoms with Gasteiger partial charge in [0.05, 0.1) is 5.69 Å². The fourth-order valence-electron chi connectivity index (χ4n) is 4.03. The van der Waals surface area contributed by atoms with Gasteiger partial charge in [-0.05, 0) is 55.5 Å². The van der Waals surface area contributed by atoms with E-state index in [1.165, 1.54) is 16.8 Å². The maximum Gasteiger partial charge on any atom is 0.270 e. The average Bonchev–Trinajstić information content (AvgIpc) is 2.80. The van der Waals surface area contributed by atoms with Crippen LogP contribution >= 0.6 is 0 Å². The second kappa shape index (κ2) is 9.60. The van der Waals surface area contributed by atoms with Crippen LogP contribution in [0.4, 0.5) is 4.39 Å². The first-order chi connectivity index (χ1) is 15.5. The highest BCUT2D eigenvalue weighted by Crippen LogP contribution is 2.32. The molecule has 32 heavy (non-hydrogen) atoms. The van der Waals surface area contributed by atoms with Crippen molar-refractivity contribution in [2.45, 2.75) is 32.7 Å². The van der Waals surface area contributed by atoms with Crippen LogP contribution in [0.25, 0.3) is 11.1 Å². The summed E-state index contributed by atoms with van der Waals surface area (Å²) in [5.74, 6) is -0.194. The van der Waals surface area contributed by atoms with E-state index in [1.807, 2.05) is 49.4 Å². The second-order valence-electron chi connectivity index (χ2n) is 7.85. The highest BCUT2D eigenvalue weighted by Gasteiger charge is 2.19. The van der Waals surface area contributed by atoms with E-state index in [2.05, 4.69) is 5.10 Å². The average molecular weight is 429 g/mol. The number of hydrogen-bond acceptors (Lipinski definition) is 3. The van der Waals surface area contributed by atoms with Gasteiger partial charge in [-0.3, -0.25) is 4.79 Å². The van der Waals surface area contributed by atoms with E-state index >= 15 is 0 Å². The Morgan fingerprint density at radius 2 is 1.59 bits per heavy atom. The number of aromatic hydroxyl groups is 1. The quantitative estimate of drug-likeness (QED) is 0.446. The number of hydrogen-bond donors (Lipinski definition) is 1. The number of rotatable bonds is 7. The summed E-state index contributed by atoms with van der Waals surface area (Å²) in [4.78, 5) is 13.5. The van der Waals surface area contributed by atoms with Crippen LogP contribution in [0, 0.1) is 12.7 Å². The van der Waals surface area contributed by atoms with Crippen molar-refractivity contribution < 1.29 is 9.50 Å². The first-order valence-corrected chi connectivity index (χ1v) is 10.7. The summed E-state index contributed by atoms with van der Waals surface area (Å²) in [6, 6.07) is 23.3. The maximum atomic E-state index is 13.7. The Kier molecular flexibility index (Phi) is 6.45. The third-order valence-electron chi connectivity index (χ3n) is 5.61. The van der Waals surface area contributed by atoms with Crippen LogP contribution < -0.4 is 5.56 Å². The Bertz CT molecular complexity index is 1280. The van der Waals surface area contributed by atoms with Gasteiger partial charge in [-0.2, -0.15) is 5.10 Å². The Balaban J connectivity index is 1.74. The molecule has 0 aliphatic heterocycles. The van der Waals surface area contributed by atoms with Crippen LogP contribution in [-0.4, -0.2) is 14.9 Å². The fourth-order valence-corrected chi connectivity index (χ4v) is 4.03. The molecule has 1 heterocycles. The van der Waals surface area contributed by atoms with Gasteiger partial charge in [-0.25, -0.2) is 9.07 Å². The molecule has 0 radical (unpaired) electrons. The summed E-state index contributed by atoms with van der Waals surface area (Å²) in [5, 5.41) is 15.0. The number of aromatic nitrogens is 2. The molecule has 4 rings (SSSR count). The number of phenolic OH excluding ortho intramolecular Hbond substituents is 1. The maximum absolute atomic E-state index is 13.7. The van der Waals surface area contributed by atoms with Gasteiger partial charge in [0.25, 0.3) is 5.56 Å². The van der Waals surface area contributed by atoms with E-state index in [1.54, 1.807) is 24.3 Å². The number of phenols is 1. The van der Waals surface area contributed by atoms with E-state index in [4.69, 9.17) is 0 Å². The fraction of sp³-hybridized carbons (Fsp3) is 0.185. The van der Waals surface area contributed by atoms with E-state index in [-0.39, 0.29) is 17.1 Å². The monoisotopic (exact) mass is 428 g/mol. The van der Waals surface area contributed by atoms with Crippen LogP contribution in [0.5, 0.6) is 5.75 Å². The molecule has 1 aromatic heterocycles. The Hall–Kier alpha value is -3.73. The zero-order valence-corrected chi connectivity index (χ0v) is 18.0. The van der Waals surface area contributed by atoms with E-state index < -0.39 is 0 Å². The highest BCUT2D eigenvalue weighted by molar-refractivity contribution is 5.74. The molecule has 0 saturated heterocycles. The van der Waals surface area contributed by atoms with Crippen molar-refractivity contribution in [1.82, 2.24) is 9.78 Å². The summed E-state index contributed by atoms with van der Waals surface area (Å²) in [5.41, 5.74) is 4.26. The van der Waals surface area contributed by atoms with Crippen molar-refractivity contribution in [3.63, 3.8) is 0 Å². The molecule has 0 spiro atoms. The first kappa shape index (κ1) is 21.5. The molecule has 0 atom stereocenters. The molecule has 0 fully saturated rings. The van der Waals surface area contributed by atoms with Crippen LogP contribution in [0.2, 0.25) is 0 Å². The molecule has 0 aliphatic carbocycles. The van der Waals surface area contributed by atoms with Gasteiger partial charge in [0.15, 0.2) is 0 Å². The lowest BCUT2D eigenvalue weighted by atomic mass is 9.94. The van der Waals surface area contributed by atoms with Gasteiger partial charge in [0.1, 0.15) is 11.6 Å².